The van der Waals surface area contributed by atoms with Crippen molar-refractivity contribution in [3.05, 3.63) is 0 Å². The minimum Gasteiger partial charge on any atom is -0.389 e. The van der Waals surface area contributed by atoms with Gasteiger partial charge in [0.25, 0.3) is 0 Å². The quantitative estimate of drug-likeness (QED) is 0.731. The molecule has 3 N–H and O–H groups in total. The van der Waals surface area contributed by atoms with Crippen LogP contribution in [0.3, 0.4) is 0 Å². The highest BCUT2D eigenvalue weighted by atomic mass is 16.3. The molecule has 0 bridgehead atoms. The van der Waals surface area contributed by atoms with Crippen molar-refractivity contribution in [2.75, 3.05) is 6.54 Å². The summed E-state index contributed by atoms with van der Waals surface area (Å²) in [5, 5.41) is 10.6. The largest absolute Gasteiger partial charge is 0.389 e. The first-order chi connectivity index (χ1) is 6.54. The van der Waals surface area contributed by atoms with E-state index in [9.17, 15) is 5.11 Å². The second kappa shape index (κ2) is 4.63. The molecule has 0 aromatic rings. The van der Waals surface area contributed by atoms with E-state index in [0.717, 1.165) is 31.6 Å². The smallest absolute Gasteiger partial charge is 0.0713 e. The summed E-state index contributed by atoms with van der Waals surface area (Å²) >= 11 is 0. The van der Waals surface area contributed by atoms with E-state index in [0.29, 0.717) is 12.5 Å². The molecule has 1 fully saturated rings. The highest BCUT2D eigenvalue weighted by molar-refractivity contribution is 4.94. The zero-order chi connectivity index (χ0) is 10.8. The van der Waals surface area contributed by atoms with Gasteiger partial charge in [0.2, 0.25) is 0 Å². The molecule has 0 radical (unpaired) electrons. The Morgan fingerprint density at radius 3 is 2.57 bits per heavy atom. The Kier molecular flexibility index (Phi) is 3.96. The molecule has 0 spiro atoms. The fourth-order valence-electron chi connectivity index (χ4n) is 2.98. The summed E-state index contributed by atoms with van der Waals surface area (Å²) in [5.41, 5.74) is 5.25. The first-order valence-corrected chi connectivity index (χ1v) is 5.97. The Bertz CT molecular complexity index is 179. The van der Waals surface area contributed by atoms with Crippen LogP contribution in [0.15, 0.2) is 0 Å². The van der Waals surface area contributed by atoms with E-state index in [4.69, 9.17) is 5.73 Å². The van der Waals surface area contributed by atoms with Gasteiger partial charge in [0.15, 0.2) is 0 Å². The Balaban J connectivity index is 2.71. The van der Waals surface area contributed by atoms with Gasteiger partial charge in [0, 0.05) is 0 Å². The van der Waals surface area contributed by atoms with Crippen LogP contribution in [0.25, 0.3) is 0 Å². The van der Waals surface area contributed by atoms with E-state index >= 15 is 0 Å². The summed E-state index contributed by atoms with van der Waals surface area (Å²) < 4.78 is 0. The highest BCUT2D eigenvalue weighted by Gasteiger charge is 2.42. The van der Waals surface area contributed by atoms with Crippen LogP contribution in [0.5, 0.6) is 0 Å². The monoisotopic (exact) mass is 199 g/mol. The summed E-state index contributed by atoms with van der Waals surface area (Å²) in [6, 6.07) is 0. The third-order valence-corrected chi connectivity index (χ3v) is 4.13. The molecule has 14 heavy (non-hydrogen) atoms. The van der Waals surface area contributed by atoms with Crippen molar-refractivity contribution in [1.82, 2.24) is 0 Å². The van der Waals surface area contributed by atoms with Crippen molar-refractivity contribution in [1.29, 1.82) is 0 Å². The van der Waals surface area contributed by atoms with Gasteiger partial charge in [-0.25, -0.2) is 0 Å². The molecule has 2 heteroatoms. The van der Waals surface area contributed by atoms with Crippen molar-refractivity contribution in [3.63, 3.8) is 0 Å². The minimum absolute atomic E-state index is 0.282. The first kappa shape index (κ1) is 12.0. The Hall–Kier alpha value is -0.0800. The molecule has 4 unspecified atom stereocenters. The Morgan fingerprint density at radius 1 is 1.50 bits per heavy atom. The fraction of sp³-hybridized carbons (Fsp3) is 1.00. The van der Waals surface area contributed by atoms with Crippen LogP contribution in [0.4, 0.5) is 0 Å². The van der Waals surface area contributed by atoms with Gasteiger partial charge in [-0.1, -0.05) is 20.8 Å². The molecule has 1 rings (SSSR count). The molecular formula is C12H25NO. The molecular weight excluding hydrogens is 174 g/mol. The lowest BCUT2D eigenvalue weighted by Crippen LogP contribution is -2.49. The van der Waals surface area contributed by atoms with E-state index in [1.165, 1.54) is 0 Å². The van der Waals surface area contributed by atoms with Crippen molar-refractivity contribution in [2.45, 2.75) is 52.1 Å². The van der Waals surface area contributed by atoms with Crippen LogP contribution >= 0.6 is 0 Å². The van der Waals surface area contributed by atoms with Gasteiger partial charge in [-0.2, -0.15) is 0 Å². The summed E-state index contributed by atoms with van der Waals surface area (Å²) in [7, 11) is 0. The number of hydrogen-bond donors (Lipinski definition) is 2. The molecule has 1 aliphatic rings. The van der Waals surface area contributed by atoms with Gasteiger partial charge in [0.05, 0.1) is 5.60 Å². The molecule has 0 heterocycles. The van der Waals surface area contributed by atoms with Gasteiger partial charge >= 0.3 is 0 Å². The van der Waals surface area contributed by atoms with Crippen LogP contribution in [-0.2, 0) is 0 Å². The van der Waals surface area contributed by atoms with Crippen molar-refractivity contribution < 1.29 is 5.11 Å². The molecule has 4 atom stereocenters. The maximum atomic E-state index is 10.6. The lowest BCUT2D eigenvalue weighted by Gasteiger charge is -2.45. The number of hydrogen-bond acceptors (Lipinski definition) is 2. The van der Waals surface area contributed by atoms with E-state index in [1.807, 2.05) is 0 Å². The van der Waals surface area contributed by atoms with E-state index in [-0.39, 0.29) is 5.92 Å². The highest BCUT2D eigenvalue weighted by Crippen LogP contribution is 2.42. The SMILES string of the molecule is CCC(CN)C1(O)CCC(C)CC1C. The summed E-state index contributed by atoms with van der Waals surface area (Å²) in [4.78, 5) is 0. The topological polar surface area (TPSA) is 46.2 Å². The van der Waals surface area contributed by atoms with Gasteiger partial charge in [-0.05, 0) is 50.0 Å². The van der Waals surface area contributed by atoms with Gasteiger partial charge in [0.1, 0.15) is 0 Å². The molecule has 2 nitrogen and oxygen atoms in total. The summed E-state index contributed by atoms with van der Waals surface area (Å²) in [5.74, 6) is 1.45. The van der Waals surface area contributed by atoms with Crippen LogP contribution in [0, 0.1) is 17.8 Å². The van der Waals surface area contributed by atoms with Crippen molar-refractivity contribution >= 4 is 0 Å². The molecule has 1 saturated carbocycles. The van der Waals surface area contributed by atoms with Gasteiger partial charge in [-0.3, -0.25) is 0 Å². The van der Waals surface area contributed by atoms with Crippen molar-refractivity contribution in [3.8, 4) is 0 Å². The third-order valence-electron chi connectivity index (χ3n) is 4.13. The van der Waals surface area contributed by atoms with Gasteiger partial charge < -0.3 is 10.8 Å². The molecule has 0 saturated heterocycles. The molecule has 0 aromatic heterocycles. The summed E-state index contributed by atoms with van der Waals surface area (Å²) in [6.07, 6.45) is 4.22. The fourth-order valence-corrected chi connectivity index (χ4v) is 2.98. The predicted octanol–water partition coefficient (Wildman–Crippen LogP) is 2.16. The first-order valence-electron chi connectivity index (χ1n) is 5.97. The zero-order valence-electron chi connectivity index (χ0n) is 9.79. The molecule has 84 valence electrons. The standard InChI is InChI=1S/C12H25NO/c1-4-11(8-13)12(14)6-5-9(2)7-10(12)3/h9-11,14H,4-8,13H2,1-3H3. The Labute approximate surface area is 87.9 Å². The lowest BCUT2D eigenvalue weighted by molar-refractivity contribution is -0.0965. The minimum atomic E-state index is -0.490. The molecule has 0 amide bonds. The number of rotatable bonds is 3. The maximum absolute atomic E-state index is 10.6. The predicted molar refractivity (Wildman–Crippen MR) is 60.0 cm³/mol. The number of nitrogens with two attached hydrogens (primary N) is 1. The zero-order valence-corrected chi connectivity index (χ0v) is 9.79. The van der Waals surface area contributed by atoms with Crippen LogP contribution < -0.4 is 5.73 Å². The third kappa shape index (κ3) is 2.12. The average Bonchev–Trinajstić information content (AvgIpc) is 2.14. The van der Waals surface area contributed by atoms with Crippen LogP contribution in [0.2, 0.25) is 0 Å². The normalized spacial score (nSPS) is 40.9. The van der Waals surface area contributed by atoms with Crippen molar-refractivity contribution in [2.24, 2.45) is 23.5 Å². The second-order valence-electron chi connectivity index (χ2n) is 5.11. The molecule has 0 aromatic carbocycles. The Morgan fingerprint density at radius 2 is 2.14 bits per heavy atom. The average molecular weight is 199 g/mol. The summed E-state index contributed by atoms with van der Waals surface area (Å²) in [6.45, 7) is 7.19. The van der Waals surface area contributed by atoms with E-state index in [1.54, 1.807) is 0 Å². The van der Waals surface area contributed by atoms with Crippen LogP contribution in [-0.4, -0.2) is 17.3 Å². The molecule has 1 aliphatic carbocycles. The van der Waals surface area contributed by atoms with Crippen LogP contribution in [0.1, 0.15) is 46.5 Å². The lowest BCUT2D eigenvalue weighted by atomic mass is 9.66. The number of aliphatic hydroxyl groups is 1. The second-order valence-corrected chi connectivity index (χ2v) is 5.11. The maximum Gasteiger partial charge on any atom is 0.0713 e. The van der Waals surface area contributed by atoms with E-state index in [2.05, 4.69) is 20.8 Å². The van der Waals surface area contributed by atoms with E-state index < -0.39 is 5.60 Å². The molecule has 0 aliphatic heterocycles. The van der Waals surface area contributed by atoms with Gasteiger partial charge in [-0.15, -0.1) is 0 Å².